The lowest BCUT2D eigenvalue weighted by Crippen LogP contribution is -2.36. The number of likely N-dealkylation sites (tertiary alicyclic amines) is 1. The van der Waals surface area contributed by atoms with E-state index in [1.165, 1.54) is 0 Å². The molecule has 0 aromatic carbocycles. The lowest BCUT2D eigenvalue weighted by molar-refractivity contribution is -0.126. The highest BCUT2D eigenvalue weighted by Gasteiger charge is 2.28. The van der Waals surface area contributed by atoms with Gasteiger partial charge in [-0.25, -0.2) is 4.98 Å². The molecule has 104 valence electrons. The number of carbonyl (C=O) groups excluding carboxylic acids is 2. The molecule has 1 N–H and O–H groups in total. The van der Waals surface area contributed by atoms with Gasteiger partial charge >= 0.3 is 0 Å². The molecule has 0 radical (unpaired) electrons. The van der Waals surface area contributed by atoms with Crippen LogP contribution in [0.1, 0.15) is 16.9 Å². The fourth-order valence-electron chi connectivity index (χ4n) is 2.29. The summed E-state index contributed by atoms with van der Waals surface area (Å²) >= 11 is 5.88. The van der Waals surface area contributed by atoms with Crippen LogP contribution in [-0.4, -0.2) is 45.7 Å². The molecule has 2 aromatic heterocycles. The Hall–Kier alpha value is -2.08. The van der Waals surface area contributed by atoms with Crippen LogP contribution in [0.5, 0.6) is 0 Å². The molecule has 3 rings (SSSR count). The number of likely N-dealkylation sites (N-methyl/N-ethyl adjacent to an activating group) is 1. The Morgan fingerprint density at radius 1 is 1.45 bits per heavy atom. The summed E-state index contributed by atoms with van der Waals surface area (Å²) in [5.41, 5.74) is 0.966. The minimum atomic E-state index is -0.280. The van der Waals surface area contributed by atoms with Crippen LogP contribution in [-0.2, 0) is 4.79 Å². The Morgan fingerprint density at radius 3 is 2.95 bits per heavy atom. The van der Waals surface area contributed by atoms with Crippen molar-refractivity contribution in [3.8, 4) is 0 Å². The highest BCUT2D eigenvalue weighted by Crippen LogP contribution is 2.13. The molecule has 3 heterocycles. The Labute approximate surface area is 120 Å². The normalized spacial score (nSPS) is 18.8. The van der Waals surface area contributed by atoms with E-state index in [2.05, 4.69) is 10.3 Å². The maximum Gasteiger partial charge on any atom is 0.271 e. The van der Waals surface area contributed by atoms with Crippen LogP contribution in [0.15, 0.2) is 24.5 Å². The van der Waals surface area contributed by atoms with Gasteiger partial charge in [0.15, 0.2) is 0 Å². The first-order chi connectivity index (χ1) is 9.52. The van der Waals surface area contributed by atoms with Crippen molar-refractivity contribution >= 4 is 29.1 Å². The zero-order valence-electron chi connectivity index (χ0n) is 10.8. The topological polar surface area (TPSA) is 66.7 Å². The van der Waals surface area contributed by atoms with E-state index in [1.807, 2.05) is 0 Å². The van der Waals surface area contributed by atoms with Gasteiger partial charge in [-0.05, 0) is 12.1 Å². The molecule has 6 nitrogen and oxygen atoms in total. The van der Waals surface area contributed by atoms with E-state index in [0.29, 0.717) is 29.3 Å². The van der Waals surface area contributed by atoms with E-state index in [9.17, 15) is 9.59 Å². The summed E-state index contributed by atoms with van der Waals surface area (Å²) in [5, 5.41) is 3.40. The van der Waals surface area contributed by atoms with Gasteiger partial charge < -0.3 is 14.6 Å². The molecule has 2 amide bonds. The van der Waals surface area contributed by atoms with Crippen LogP contribution in [0.2, 0.25) is 5.02 Å². The lowest BCUT2D eigenvalue weighted by Gasteiger charge is -2.10. The molecule has 1 fully saturated rings. The van der Waals surface area contributed by atoms with Crippen LogP contribution < -0.4 is 5.32 Å². The maximum atomic E-state index is 12.1. The minimum absolute atomic E-state index is 0.0390. The number of imidazole rings is 1. The first kappa shape index (κ1) is 12.9. The van der Waals surface area contributed by atoms with E-state index in [1.54, 1.807) is 40.9 Å². The average molecular weight is 293 g/mol. The summed E-state index contributed by atoms with van der Waals surface area (Å²) in [6.07, 6.45) is 3.64. The molecule has 0 unspecified atom stereocenters. The Bertz CT molecular complexity index is 697. The van der Waals surface area contributed by atoms with Gasteiger partial charge in [0.1, 0.15) is 11.3 Å². The number of pyridine rings is 1. The second-order valence-electron chi connectivity index (χ2n) is 4.89. The molecule has 0 spiro atoms. The van der Waals surface area contributed by atoms with E-state index in [4.69, 9.17) is 11.6 Å². The largest absolute Gasteiger partial charge is 0.346 e. The van der Waals surface area contributed by atoms with E-state index in [-0.39, 0.29) is 17.9 Å². The molecule has 20 heavy (non-hydrogen) atoms. The second kappa shape index (κ2) is 4.79. The number of hydrogen-bond acceptors (Lipinski definition) is 3. The number of hydrogen-bond donors (Lipinski definition) is 1. The standard InChI is InChI=1S/C13H13ClN4O2/c1-17-6-9(4-12(17)19)15-13(20)10-7-18-5-8(14)2-3-11(18)16-10/h2-3,5,7,9H,4,6H2,1H3,(H,15,20)/t9-/m1/s1. The van der Waals surface area contributed by atoms with Crippen LogP contribution in [0.3, 0.4) is 0 Å². The number of amides is 2. The van der Waals surface area contributed by atoms with Crippen molar-refractivity contribution < 1.29 is 9.59 Å². The first-order valence-electron chi connectivity index (χ1n) is 6.22. The minimum Gasteiger partial charge on any atom is -0.346 e. The summed E-state index contributed by atoms with van der Waals surface area (Å²) in [5.74, 6) is -0.241. The highest BCUT2D eigenvalue weighted by atomic mass is 35.5. The van der Waals surface area contributed by atoms with Crippen molar-refractivity contribution in [1.29, 1.82) is 0 Å². The predicted molar refractivity (Wildman–Crippen MR) is 73.7 cm³/mol. The number of carbonyl (C=O) groups is 2. The summed E-state index contributed by atoms with van der Waals surface area (Å²) < 4.78 is 1.70. The molecular weight excluding hydrogens is 280 g/mol. The molecule has 0 aliphatic carbocycles. The molecule has 1 atom stereocenters. The van der Waals surface area contributed by atoms with Crippen LogP contribution >= 0.6 is 11.6 Å². The Kier molecular flexibility index (Phi) is 3.10. The molecular formula is C13H13ClN4O2. The van der Waals surface area contributed by atoms with Crippen LogP contribution in [0, 0.1) is 0 Å². The van der Waals surface area contributed by atoms with Crippen molar-refractivity contribution in [2.45, 2.75) is 12.5 Å². The third-order valence-corrected chi connectivity index (χ3v) is 3.55. The quantitative estimate of drug-likeness (QED) is 0.896. The zero-order valence-corrected chi connectivity index (χ0v) is 11.6. The molecule has 1 aliphatic rings. The molecule has 2 aromatic rings. The van der Waals surface area contributed by atoms with Gasteiger partial charge in [-0.1, -0.05) is 11.6 Å². The van der Waals surface area contributed by atoms with Crippen molar-refractivity contribution in [3.63, 3.8) is 0 Å². The lowest BCUT2D eigenvalue weighted by atomic mass is 10.2. The molecule has 1 aliphatic heterocycles. The smallest absolute Gasteiger partial charge is 0.271 e. The number of rotatable bonds is 2. The van der Waals surface area contributed by atoms with E-state index in [0.717, 1.165) is 0 Å². The third kappa shape index (κ3) is 2.34. The fourth-order valence-corrected chi connectivity index (χ4v) is 2.46. The van der Waals surface area contributed by atoms with Gasteiger partial charge in [0.2, 0.25) is 5.91 Å². The van der Waals surface area contributed by atoms with Crippen molar-refractivity contribution in [1.82, 2.24) is 19.6 Å². The zero-order chi connectivity index (χ0) is 14.3. The number of fused-ring (bicyclic) bond motifs is 1. The molecule has 1 saturated heterocycles. The Morgan fingerprint density at radius 2 is 2.25 bits per heavy atom. The predicted octanol–water partition coefficient (Wildman–Crippen LogP) is 0.948. The van der Waals surface area contributed by atoms with E-state index < -0.39 is 0 Å². The van der Waals surface area contributed by atoms with Gasteiger partial charge in [0.05, 0.1) is 11.1 Å². The van der Waals surface area contributed by atoms with Crippen LogP contribution in [0.4, 0.5) is 0 Å². The summed E-state index contributed by atoms with van der Waals surface area (Å²) in [7, 11) is 1.72. The third-order valence-electron chi connectivity index (χ3n) is 3.32. The monoisotopic (exact) mass is 292 g/mol. The first-order valence-corrected chi connectivity index (χ1v) is 6.60. The maximum absolute atomic E-state index is 12.1. The van der Waals surface area contributed by atoms with Gasteiger partial charge in [0, 0.05) is 32.4 Å². The number of nitrogens with zero attached hydrogens (tertiary/aromatic N) is 3. The number of nitrogens with one attached hydrogen (secondary N) is 1. The molecule has 0 saturated carbocycles. The SMILES string of the molecule is CN1C[C@H](NC(=O)c2cn3cc(Cl)ccc3n2)CC1=O. The van der Waals surface area contributed by atoms with Crippen molar-refractivity contribution in [2.24, 2.45) is 0 Å². The van der Waals surface area contributed by atoms with Crippen LogP contribution in [0.25, 0.3) is 5.65 Å². The van der Waals surface area contributed by atoms with Crippen molar-refractivity contribution in [2.75, 3.05) is 13.6 Å². The molecule has 7 heteroatoms. The summed E-state index contributed by atoms with van der Waals surface area (Å²) in [4.78, 5) is 29.4. The number of halogens is 1. The molecule has 0 bridgehead atoms. The fraction of sp³-hybridized carbons (Fsp3) is 0.308. The van der Waals surface area contributed by atoms with E-state index >= 15 is 0 Å². The summed E-state index contributed by atoms with van der Waals surface area (Å²) in [6.45, 7) is 0.532. The van der Waals surface area contributed by atoms with Crippen molar-refractivity contribution in [3.05, 3.63) is 35.2 Å². The summed E-state index contributed by atoms with van der Waals surface area (Å²) in [6, 6.07) is 3.30. The second-order valence-corrected chi connectivity index (χ2v) is 5.32. The highest BCUT2D eigenvalue weighted by molar-refractivity contribution is 6.30. The van der Waals surface area contributed by atoms with Gasteiger partial charge in [-0.2, -0.15) is 0 Å². The average Bonchev–Trinajstić information content (AvgIpc) is 2.93. The van der Waals surface area contributed by atoms with Gasteiger partial charge in [-0.3, -0.25) is 9.59 Å². The Balaban J connectivity index is 1.77. The van der Waals surface area contributed by atoms with Gasteiger partial charge in [0.25, 0.3) is 5.91 Å². The number of aromatic nitrogens is 2. The van der Waals surface area contributed by atoms with Gasteiger partial charge in [-0.15, -0.1) is 0 Å².